The van der Waals surface area contributed by atoms with Crippen molar-refractivity contribution >= 4 is 5.57 Å². The van der Waals surface area contributed by atoms with E-state index in [0.29, 0.717) is 0 Å². The van der Waals surface area contributed by atoms with Gasteiger partial charge in [0.2, 0.25) is 0 Å². The molecule has 14 heavy (non-hydrogen) atoms. The van der Waals surface area contributed by atoms with Gasteiger partial charge in [-0.1, -0.05) is 18.2 Å². The summed E-state index contributed by atoms with van der Waals surface area (Å²) in [6.07, 6.45) is 2.85. The molecule has 1 aromatic carbocycles. The van der Waals surface area contributed by atoms with Gasteiger partial charge >= 0.3 is 0 Å². The van der Waals surface area contributed by atoms with E-state index in [-0.39, 0.29) is 6.17 Å². The minimum atomic E-state index is 0.0370. The third-order valence-electron chi connectivity index (χ3n) is 2.36. The Morgan fingerprint density at radius 3 is 2.86 bits per heavy atom. The maximum absolute atomic E-state index is 5.75. The average molecular weight is 190 g/mol. The Bertz CT molecular complexity index is 360. The second kappa shape index (κ2) is 3.72. The molecule has 0 spiro atoms. The van der Waals surface area contributed by atoms with Crippen LogP contribution < -0.4 is 15.8 Å². The summed E-state index contributed by atoms with van der Waals surface area (Å²) in [5.74, 6) is 0.898. The number of para-hydroxylation sites is 1. The van der Waals surface area contributed by atoms with Crippen molar-refractivity contribution in [2.45, 2.75) is 12.6 Å². The van der Waals surface area contributed by atoms with Crippen LogP contribution in [0.15, 0.2) is 30.5 Å². The molecule has 3 N–H and O–H groups in total. The molecule has 0 fully saturated rings. The van der Waals surface area contributed by atoms with Crippen molar-refractivity contribution in [1.29, 1.82) is 0 Å². The van der Waals surface area contributed by atoms with Crippen LogP contribution >= 0.6 is 0 Å². The number of hydrogen-bond donors (Lipinski definition) is 2. The first kappa shape index (κ1) is 9.09. The first-order valence-corrected chi connectivity index (χ1v) is 4.65. The predicted octanol–water partition coefficient (Wildman–Crippen LogP) is 1.31. The maximum atomic E-state index is 5.75. The lowest BCUT2D eigenvalue weighted by Crippen LogP contribution is -2.28. The van der Waals surface area contributed by atoms with Crippen LogP contribution in [0.3, 0.4) is 0 Å². The fourth-order valence-electron chi connectivity index (χ4n) is 1.66. The van der Waals surface area contributed by atoms with Crippen LogP contribution in [0.4, 0.5) is 0 Å². The SMILES string of the molecule is COc1ccccc1C1=CNC(N)C1. The normalized spacial score (nSPS) is 20.1. The molecule has 0 saturated heterocycles. The fourth-order valence-corrected chi connectivity index (χ4v) is 1.66. The minimum absolute atomic E-state index is 0.0370. The Kier molecular flexibility index (Phi) is 2.41. The second-order valence-electron chi connectivity index (χ2n) is 3.35. The van der Waals surface area contributed by atoms with E-state index in [1.54, 1.807) is 7.11 Å². The van der Waals surface area contributed by atoms with Gasteiger partial charge in [-0.25, -0.2) is 0 Å². The Morgan fingerprint density at radius 1 is 1.43 bits per heavy atom. The quantitative estimate of drug-likeness (QED) is 0.739. The van der Waals surface area contributed by atoms with E-state index in [9.17, 15) is 0 Å². The molecule has 0 radical (unpaired) electrons. The second-order valence-corrected chi connectivity index (χ2v) is 3.35. The van der Waals surface area contributed by atoms with Crippen molar-refractivity contribution in [3.8, 4) is 5.75 Å². The molecule has 1 atom stereocenters. The highest BCUT2D eigenvalue weighted by molar-refractivity contribution is 5.72. The van der Waals surface area contributed by atoms with Crippen molar-refractivity contribution in [3.05, 3.63) is 36.0 Å². The summed E-state index contributed by atoms with van der Waals surface area (Å²) in [5, 5.41) is 3.08. The molecule has 1 heterocycles. The first-order valence-electron chi connectivity index (χ1n) is 4.65. The molecule has 1 aliphatic heterocycles. The third kappa shape index (κ3) is 1.59. The topological polar surface area (TPSA) is 47.3 Å². The summed E-state index contributed by atoms with van der Waals surface area (Å²) >= 11 is 0. The lowest BCUT2D eigenvalue weighted by molar-refractivity contribution is 0.413. The minimum Gasteiger partial charge on any atom is -0.496 e. The number of hydrogen-bond acceptors (Lipinski definition) is 3. The van der Waals surface area contributed by atoms with Crippen LogP contribution in [-0.4, -0.2) is 13.3 Å². The number of nitrogens with one attached hydrogen (secondary N) is 1. The van der Waals surface area contributed by atoms with Crippen molar-refractivity contribution in [2.24, 2.45) is 5.73 Å². The van der Waals surface area contributed by atoms with Crippen LogP contribution in [0.25, 0.3) is 5.57 Å². The highest BCUT2D eigenvalue weighted by atomic mass is 16.5. The largest absolute Gasteiger partial charge is 0.496 e. The number of rotatable bonds is 2. The zero-order valence-electron chi connectivity index (χ0n) is 8.16. The van der Waals surface area contributed by atoms with Crippen LogP contribution in [0.1, 0.15) is 12.0 Å². The van der Waals surface area contributed by atoms with E-state index in [1.165, 1.54) is 5.57 Å². The van der Waals surface area contributed by atoms with Gasteiger partial charge in [0.15, 0.2) is 0 Å². The van der Waals surface area contributed by atoms with E-state index < -0.39 is 0 Å². The van der Waals surface area contributed by atoms with E-state index in [2.05, 4.69) is 5.32 Å². The molecule has 0 aromatic heterocycles. The van der Waals surface area contributed by atoms with Gasteiger partial charge in [-0.15, -0.1) is 0 Å². The summed E-state index contributed by atoms with van der Waals surface area (Å²) < 4.78 is 5.28. The summed E-state index contributed by atoms with van der Waals surface area (Å²) in [7, 11) is 1.68. The van der Waals surface area contributed by atoms with Gasteiger partial charge in [0.05, 0.1) is 13.3 Å². The first-order chi connectivity index (χ1) is 6.81. The highest BCUT2D eigenvalue weighted by Gasteiger charge is 2.15. The molecule has 2 rings (SSSR count). The van der Waals surface area contributed by atoms with Gasteiger partial charge in [-0.2, -0.15) is 0 Å². The van der Waals surface area contributed by atoms with Gasteiger partial charge in [0.25, 0.3) is 0 Å². The maximum Gasteiger partial charge on any atom is 0.126 e. The Balaban J connectivity index is 2.32. The molecule has 1 aromatic rings. The number of benzene rings is 1. The van der Waals surface area contributed by atoms with Gasteiger partial charge in [-0.3, -0.25) is 0 Å². The van der Waals surface area contributed by atoms with Crippen LogP contribution in [0.2, 0.25) is 0 Å². The van der Waals surface area contributed by atoms with E-state index in [1.807, 2.05) is 30.5 Å². The zero-order valence-corrected chi connectivity index (χ0v) is 8.16. The number of methoxy groups -OCH3 is 1. The van der Waals surface area contributed by atoms with Crippen LogP contribution in [0, 0.1) is 0 Å². The summed E-state index contributed by atoms with van der Waals surface area (Å²) in [4.78, 5) is 0. The van der Waals surface area contributed by atoms with Gasteiger partial charge in [0.1, 0.15) is 5.75 Å². The molecule has 0 bridgehead atoms. The molecule has 0 saturated carbocycles. The van der Waals surface area contributed by atoms with Crippen LogP contribution in [-0.2, 0) is 0 Å². The summed E-state index contributed by atoms with van der Waals surface area (Å²) in [5.41, 5.74) is 8.07. The molecule has 0 aliphatic carbocycles. The monoisotopic (exact) mass is 190 g/mol. The predicted molar refractivity (Wildman–Crippen MR) is 56.7 cm³/mol. The molecule has 0 amide bonds. The molecule has 1 aliphatic rings. The Labute approximate surface area is 83.6 Å². The smallest absolute Gasteiger partial charge is 0.126 e. The Morgan fingerprint density at radius 2 is 2.21 bits per heavy atom. The van der Waals surface area contributed by atoms with Crippen molar-refractivity contribution in [3.63, 3.8) is 0 Å². The number of nitrogens with two attached hydrogens (primary N) is 1. The van der Waals surface area contributed by atoms with Gasteiger partial charge in [-0.05, 0) is 11.6 Å². The van der Waals surface area contributed by atoms with Gasteiger partial charge in [0, 0.05) is 18.2 Å². The summed E-state index contributed by atoms with van der Waals surface area (Å²) in [6.45, 7) is 0. The fraction of sp³-hybridized carbons (Fsp3) is 0.273. The number of ether oxygens (including phenoxy) is 1. The third-order valence-corrected chi connectivity index (χ3v) is 2.36. The molecule has 1 unspecified atom stereocenters. The van der Waals surface area contributed by atoms with Gasteiger partial charge < -0.3 is 15.8 Å². The highest BCUT2D eigenvalue weighted by Crippen LogP contribution is 2.29. The lowest BCUT2D eigenvalue weighted by atomic mass is 10.0. The van der Waals surface area contributed by atoms with Crippen molar-refractivity contribution in [2.75, 3.05) is 7.11 Å². The molecule has 74 valence electrons. The summed E-state index contributed by atoms with van der Waals surface area (Å²) in [6, 6.07) is 7.97. The molecule has 3 nitrogen and oxygen atoms in total. The average Bonchev–Trinajstić information content (AvgIpc) is 2.65. The van der Waals surface area contributed by atoms with Crippen molar-refractivity contribution in [1.82, 2.24) is 5.32 Å². The molecule has 3 heteroatoms. The zero-order chi connectivity index (χ0) is 9.97. The van der Waals surface area contributed by atoms with E-state index in [0.717, 1.165) is 17.7 Å². The Hall–Kier alpha value is -1.48. The van der Waals surface area contributed by atoms with E-state index >= 15 is 0 Å². The van der Waals surface area contributed by atoms with E-state index in [4.69, 9.17) is 10.5 Å². The molecular formula is C11H14N2O. The van der Waals surface area contributed by atoms with Crippen LogP contribution in [0.5, 0.6) is 5.75 Å². The van der Waals surface area contributed by atoms with Crippen molar-refractivity contribution < 1.29 is 4.74 Å². The standard InChI is InChI=1S/C11H14N2O/c1-14-10-5-3-2-4-9(10)8-6-11(12)13-7-8/h2-5,7,11,13H,6,12H2,1H3. The lowest BCUT2D eigenvalue weighted by Gasteiger charge is -2.08. The molecular weight excluding hydrogens is 176 g/mol.